The Kier molecular flexibility index (Phi) is 5.94. The van der Waals surface area contributed by atoms with Crippen LogP contribution < -0.4 is 5.32 Å². The maximum atomic E-state index is 3.46. The predicted molar refractivity (Wildman–Crippen MR) is 76.4 cm³/mol. The summed E-state index contributed by atoms with van der Waals surface area (Å²) in [6.07, 6.45) is 5.51. The van der Waals surface area contributed by atoms with E-state index in [1.165, 1.54) is 45.3 Å². The molecule has 0 bridgehead atoms. The minimum atomic E-state index is 0.644. The first kappa shape index (κ1) is 15.0. The highest BCUT2D eigenvalue weighted by Gasteiger charge is 2.31. The van der Waals surface area contributed by atoms with Gasteiger partial charge in [-0.25, -0.2) is 0 Å². The standard InChI is InChI=1S/C15H32N2/c1-6-15(7-2)8-10-17(11-9-15)12-14(16-5)13(3)4/h13-14,16H,6-12H2,1-5H3. The molecular weight excluding hydrogens is 208 g/mol. The Morgan fingerprint density at radius 2 is 1.65 bits per heavy atom. The third-order valence-electron chi connectivity index (χ3n) is 5.05. The molecule has 1 rings (SSSR count). The lowest BCUT2D eigenvalue weighted by molar-refractivity contribution is 0.0849. The van der Waals surface area contributed by atoms with Crippen LogP contribution in [0.25, 0.3) is 0 Å². The molecule has 0 radical (unpaired) electrons. The average molecular weight is 240 g/mol. The fraction of sp³-hybridized carbons (Fsp3) is 1.00. The zero-order valence-corrected chi connectivity index (χ0v) is 12.6. The van der Waals surface area contributed by atoms with E-state index in [0.717, 1.165) is 5.92 Å². The molecule has 1 fully saturated rings. The zero-order valence-electron chi connectivity index (χ0n) is 12.6. The van der Waals surface area contributed by atoms with Crippen LogP contribution in [-0.4, -0.2) is 37.6 Å². The van der Waals surface area contributed by atoms with Gasteiger partial charge in [0.1, 0.15) is 0 Å². The molecule has 0 aliphatic carbocycles. The smallest absolute Gasteiger partial charge is 0.0214 e. The lowest BCUT2D eigenvalue weighted by Crippen LogP contribution is -2.47. The van der Waals surface area contributed by atoms with E-state index in [4.69, 9.17) is 0 Å². The van der Waals surface area contributed by atoms with Gasteiger partial charge in [-0.15, -0.1) is 0 Å². The zero-order chi connectivity index (χ0) is 12.9. The summed E-state index contributed by atoms with van der Waals surface area (Å²) >= 11 is 0. The van der Waals surface area contributed by atoms with Crippen LogP contribution in [0, 0.1) is 11.3 Å². The molecule has 0 aromatic heterocycles. The summed E-state index contributed by atoms with van der Waals surface area (Å²) in [7, 11) is 2.09. The van der Waals surface area contributed by atoms with Crippen LogP contribution in [0.2, 0.25) is 0 Å². The number of likely N-dealkylation sites (N-methyl/N-ethyl adjacent to an activating group) is 1. The third-order valence-corrected chi connectivity index (χ3v) is 5.05. The van der Waals surface area contributed by atoms with E-state index >= 15 is 0 Å². The SMILES string of the molecule is CCC1(CC)CCN(CC(NC)C(C)C)CC1. The van der Waals surface area contributed by atoms with Crippen molar-refractivity contribution in [2.45, 2.75) is 59.4 Å². The first-order chi connectivity index (χ1) is 8.06. The van der Waals surface area contributed by atoms with Crippen LogP contribution >= 0.6 is 0 Å². The van der Waals surface area contributed by atoms with Crippen molar-refractivity contribution in [2.24, 2.45) is 11.3 Å². The van der Waals surface area contributed by atoms with E-state index in [9.17, 15) is 0 Å². The molecule has 1 N–H and O–H groups in total. The van der Waals surface area contributed by atoms with Gasteiger partial charge in [0, 0.05) is 12.6 Å². The largest absolute Gasteiger partial charge is 0.315 e. The number of nitrogens with zero attached hydrogens (tertiary/aromatic N) is 1. The van der Waals surface area contributed by atoms with Crippen molar-refractivity contribution in [1.82, 2.24) is 10.2 Å². The molecule has 0 aromatic carbocycles. The summed E-state index contributed by atoms with van der Waals surface area (Å²) in [6.45, 7) is 13.2. The van der Waals surface area contributed by atoms with E-state index < -0.39 is 0 Å². The minimum absolute atomic E-state index is 0.644. The molecule has 2 nitrogen and oxygen atoms in total. The molecule has 1 aliphatic heterocycles. The summed E-state index contributed by atoms with van der Waals surface area (Å²) in [4.78, 5) is 2.66. The molecule has 0 saturated carbocycles. The lowest BCUT2D eigenvalue weighted by atomic mass is 9.74. The van der Waals surface area contributed by atoms with Crippen molar-refractivity contribution in [3.8, 4) is 0 Å². The van der Waals surface area contributed by atoms with Crippen molar-refractivity contribution in [2.75, 3.05) is 26.7 Å². The van der Waals surface area contributed by atoms with Crippen LogP contribution in [0.4, 0.5) is 0 Å². The van der Waals surface area contributed by atoms with E-state index in [2.05, 4.69) is 45.0 Å². The Bertz CT molecular complexity index is 199. The Morgan fingerprint density at radius 1 is 1.12 bits per heavy atom. The van der Waals surface area contributed by atoms with Gasteiger partial charge >= 0.3 is 0 Å². The van der Waals surface area contributed by atoms with E-state index in [-0.39, 0.29) is 0 Å². The number of hydrogen-bond acceptors (Lipinski definition) is 2. The van der Waals surface area contributed by atoms with Crippen LogP contribution in [0.15, 0.2) is 0 Å². The maximum absolute atomic E-state index is 3.46. The highest BCUT2D eigenvalue weighted by atomic mass is 15.2. The monoisotopic (exact) mass is 240 g/mol. The fourth-order valence-electron chi connectivity index (χ4n) is 3.08. The van der Waals surface area contributed by atoms with E-state index in [0.29, 0.717) is 11.5 Å². The second-order valence-electron chi connectivity index (χ2n) is 6.15. The molecule has 1 atom stereocenters. The van der Waals surface area contributed by atoms with Gasteiger partial charge in [0.2, 0.25) is 0 Å². The fourth-order valence-corrected chi connectivity index (χ4v) is 3.08. The molecule has 1 heterocycles. The minimum Gasteiger partial charge on any atom is -0.315 e. The molecule has 1 unspecified atom stereocenters. The van der Waals surface area contributed by atoms with Gasteiger partial charge in [-0.1, -0.05) is 40.5 Å². The summed E-state index contributed by atoms with van der Waals surface area (Å²) in [5.74, 6) is 0.726. The Morgan fingerprint density at radius 3 is 2.00 bits per heavy atom. The number of rotatable bonds is 6. The molecule has 0 amide bonds. The molecule has 17 heavy (non-hydrogen) atoms. The summed E-state index contributed by atoms with van der Waals surface area (Å²) in [5, 5.41) is 3.46. The van der Waals surface area contributed by atoms with Crippen molar-refractivity contribution in [3.05, 3.63) is 0 Å². The maximum Gasteiger partial charge on any atom is 0.0214 e. The van der Waals surface area contributed by atoms with Crippen LogP contribution in [-0.2, 0) is 0 Å². The number of likely N-dealkylation sites (tertiary alicyclic amines) is 1. The molecular formula is C15H32N2. The highest BCUT2D eigenvalue weighted by molar-refractivity contribution is 4.85. The van der Waals surface area contributed by atoms with Gasteiger partial charge in [0.25, 0.3) is 0 Å². The molecule has 1 saturated heterocycles. The quantitative estimate of drug-likeness (QED) is 0.767. The number of piperidine rings is 1. The second-order valence-corrected chi connectivity index (χ2v) is 6.15. The van der Waals surface area contributed by atoms with E-state index in [1.807, 2.05) is 0 Å². The topological polar surface area (TPSA) is 15.3 Å². The van der Waals surface area contributed by atoms with Gasteiger partial charge in [0.15, 0.2) is 0 Å². The van der Waals surface area contributed by atoms with Gasteiger partial charge in [-0.05, 0) is 44.3 Å². The first-order valence-corrected chi connectivity index (χ1v) is 7.46. The van der Waals surface area contributed by atoms with Crippen molar-refractivity contribution in [1.29, 1.82) is 0 Å². The molecule has 1 aliphatic rings. The lowest BCUT2D eigenvalue weighted by Gasteiger charge is -2.42. The Hall–Kier alpha value is -0.0800. The molecule has 102 valence electrons. The van der Waals surface area contributed by atoms with Crippen LogP contribution in [0.3, 0.4) is 0 Å². The number of hydrogen-bond donors (Lipinski definition) is 1. The summed E-state index contributed by atoms with van der Waals surface area (Å²) in [6, 6.07) is 0.644. The van der Waals surface area contributed by atoms with Crippen molar-refractivity contribution in [3.63, 3.8) is 0 Å². The Balaban J connectivity index is 2.41. The van der Waals surface area contributed by atoms with Gasteiger partial charge in [0.05, 0.1) is 0 Å². The summed E-state index contributed by atoms with van der Waals surface area (Å²) < 4.78 is 0. The molecule has 0 spiro atoms. The molecule has 0 aromatic rings. The highest BCUT2D eigenvalue weighted by Crippen LogP contribution is 2.37. The average Bonchev–Trinajstić information content (AvgIpc) is 2.36. The first-order valence-electron chi connectivity index (χ1n) is 7.46. The van der Waals surface area contributed by atoms with Gasteiger partial charge < -0.3 is 10.2 Å². The third kappa shape index (κ3) is 3.96. The second kappa shape index (κ2) is 6.75. The predicted octanol–water partition coefficient (Wildman–Crippen LogP) is 3.13. The normalized spacial score (nSPS) is 22.9. The van der Waals surface area contributed by atoms with Gasteiger partial charge in [-0.3, -0.25) is 0 Å². The van der Waals surface area contributed by atoms with Crippen molar-refractivity contribution < 1.29 is 0 Å². The number of nitrogens with one attached hydrogen (secondary N) is 1. The Labute approximate surface area is 108 Å². The van der Waals surface area contributed by atoms with Crippen LogP contribution in [0.5, 0.6) is 0 Å². The summed E-state index contributed by atoms with van der Waals surface area (Å²) in [5.41, 5.74) is 0.656. The molecule has 2 heteroatoms. The van der Waals surface area contributed by atoms with E-state index in [1.54, 1.807) is 0 Å². The van der Waals surface area contributed by atoms with Gasteiger partial charge in [-0.2, -0.15) is 0 Å². The van der Waals surface area contributed by atoms with Crippen LogP contribution in [0.1, 0.15) is 53.4 Å². The van der Waals surface area contributed by atoms with Crippen molar-refractivity contribution >= 4 is 0 Å².